The van der Waals surface area contributed by atoms with E-state index in [1.165, 1.54) is 5.56 Å². The lowest BCUT2D eigenvalue weighted by Gasteiger charge is -2.09. The van der Waals surface area contributed by atoms with Crippen molar-refractivity contribution in [2.45, 2.75) is 59.4 Å². The maximum Gasteiger partial charge on any atom is 0.336 e. The molecule has 0 atom stereocenters. The van der Waals surface area contributed by atoms with Crippen molar-refractivity contribution in [1.82, 2.24) is 5.32 Å². The van der Waals surface area contributed by atoms with E-state index in [0.29, 0.717) is 5.58 Å². The van der Waals surface area contributed by atoms with Crippen LogP contribution in [0.4, 0.5) is 0 Å². The van der Waals surface area contributed by atoms with Crippen molar-refractivity contribution in [2.24, 2.45) is 5.73 Å². The third-order valence-electron chi connectivity index (χ3n) is 5.22. The second-order valence-corrected chi connectivity index (χ2v) is 6.94. The van der Waals surface area contributed by atoms with E-state index in [0.717, 1.165) is 85.0 Å². The molecule has 0 saturated carbocycles. The largest absolute Gasteiger partial charge is 0.460 e. The van der Waals surface area contributed by atoms with Crippen molar-refractivity contribution in [1.29, 1.82) is 0 Å². The molecule has 2 heterocycles. The van der Waals surface area contributed by atoms with Crippen molar-refractivity contribution >= 4 is 46.8 Å². The molecule has 0 radical (unpaired) electrons. The van der Waals surface area contributed by atoms with Crippen LogP contribution in [0.3, 0.4) is 0 Å². The molecule has 29 heavy (non-hydrogen) atoms. The topological polar surface area (TPSA) is 81.4 Å². The molecule has 3 aromatic rings. The summed E-state index contributed by atoms with van der Waals surface area (Å²) in [7, 11) is 0. The minimum absolute atomic E-state index is 0. The lowest BCUT2D eigenvalue weighted by atomic mass is 9.98. The molecule has 0 fully saturated rings. The minimum atomic E-state index is -0.294. The van der Waals surface area contributed by atoms with Crippen LogP contribution in [-0.2, 0) is 25.8 Å². The van der Waals surface area contributed by atoms with Gasteiger partial charge in [0.2, 0.25) is 0 Å². The van der Waals surface area contributed by atoms with Gasteiger partial charge in [0.05, 0.1) is 0 Å². The van der Waals surface area contributed by atoms with E-state index >= 15 is 0 Å². The zero-order valence-corrected chi connectivity index (χ0v) is 19.1. The molecule has 3 rings (SSSR count). The highest BCUT2D eigenvalue weighted by Crippen LogP contribution is 2.35. The Labute approximate surface area is 184 Å². The molecule has 0 saturated heterocycles. The summed E-state index contributed by atoms with van der Waals surface area (Å²) in [5.41, 5.74) is 10.0. The van der Waals surface area contributed by atoms with Gasteiger partial charge >= 0.3 is 5.63 Å². The van der Waals surface area contributed by atoms with Crippen LogP contribution in [0.1, 0.15) is 56.1 Å². The Kier molecular flexibility index (Phi) is 10.2. The maximum atomic E-state index is 12.0. The summed E-state index contributed by atoms with van der Waals surface area (Å²) in [6.07, 6.45) is 4.48. The third-order valence-corrected chi connectivity index (χ3v) is 5.22. The quantitative estimate of drug-likeness (QED) is 0.363. The number of halogens is 2. The van der Waals surface area contributed by atoms with Crippen molar-refractivity contribution in [3.8, 4) is 0 Å². The summed E-state index contributed by atoms with van der Waals surface area (Å²) >= 11 is 0. The Bertz CT molecular complexity index is 995. The van der Waals surface area contributed by atoms with Crippen LogP contribution < -0.4 is 16.7 Å². The van der Waals surface area contributed by atoms with Crippen LogP contribution in [-0.4, -0.2) is 13.1 Å². The molecule has 2 aromatic heterocycles. The van der Waals surface area contributed by atoms with Gasteiger partial charge in [0.25, 0.3) is 0 Å². The number of unbranched alkanes of at least 4 members (excludes halogenated alkanes) is 1. The first-order valence-electron chi connectivity index (χ1n) is 10.1. The Morgan fingerprint density at radius 1 is 0.897 bits per heavy atom. The molecule has 0 aliphatic heterocycles. The van der Waals surface area contributed by atoms with Crippen LogP contribution in [0.15, 0.2) is 25.8 Å². The van der Waals surface area contributed by atoms with Gasteiger partial charge < -0.3 is 19.9 Å². The number of nitrogens with two attached hydrogens (primary N) is 1. The zero-order valence-electron chi connectivity index (χ0n) is 17.4. The predicted molar refractivity (Wildman–Crippen MR) is 125 cm³/mol. The fourth-order valence-corrected chi connectivity index (χ4v) is 3.79. The Balaban J connectivity index is 0.00000210. The molecule has 5 nitrogen and oxygen atoms in total. The number of aryl methyl sites for hydroxylation is 3. The molecule has 0 aliphatic carbocycles. The zero-order chi connectivity index (χ0) is 19.4. The van der Waals surface area contributed by atoms with Crippen molar-refractivity contribution in [2.75, 3.05) is 13.1 Å². The highest BCUT2D eigenvalue weighted by Gasteiger charge is 2.20. The SMILES string of the molecule is CCc1oc2c(CC)c3oc(=O)cc(CC)c3cc2c1CNCCCCN.Cl.Cl. The molecule has 3 N–H and O–H groups in total. The first-order chi connectivity index (χ1) is 13.1. The maximum absolute atomic E-state index is 12.0. The molecule has 0 bridgehead atoms. The van der Waals surface area contributed by atoms with Gasteiger partial charge in [-0.2, -0.15) is 0 Å². The normalized spacial score (nSPS) is 10.9. The van der Waals surface area contributed by atoms with Crippen molar-refractivity contribution in [3.63, 3.8) is 0 Å². The highest BCUT2D eigenvalue weighted by atomic mass is 35.5. The fraction of sp³-hybridized carbons (Fsp3) is 0.500. The Hall–Kier alpha value is -1.53. The molecule has 1 aromatic carbocycles. The second-order valence-electron chi connectivity index (χ2n) is 6.94. The van der Waals surface area contributed by atoms with Crippen LogP contribution in [0, 0.1) is 0 Å². The lowest BCUT2D eigenvalue weighted by molar-refractivity contribution is 0.533. The van der Waals surface area contributed by atoms with Gasteiger partial charge in [-0.1, -0.05) is 20.8 Å². The van der Waals surface area contributed by atoms with Gasteiger partial charge in [0, 0.05) is 40.9 Å². The Morgan fingerprint density at radius 2 is 1.62 bits per heavy atom. The van der Waals surface area contributed by atoms with Gasteiger partial charge in [0.1, 0.15) is 16.9 Å². The number of benzene rings is 1. The predicted octanol–water partition coefficient (Wildman–Crippen LogP) is 4.90. The molecule has 0 amide bonds. The van der Waals surface area contributed by atoms with Gasteiger partial charge in [-0.15, -0.1) is 24.8 Å². The molecular formula is C22H32Cl2N2O3. The average molecular weight is 443 g/mol. The number of hydrogen-bond donors (Lipinski definition) is 2. The van der Waals surface area contributed by atoms with Gasteiger partial charge in [-0.05, 0) is 50.4 Å². The van der Waals surface area contributed by atoms with E-state index in [4.69, 9.17) is 14.6 Å². The van der Waals surface area contributed by atoms with Crippen LogP contribution in [0.2, 0.25) is 0 Å². The van der Waals surface area contributed by atoms with E-state index in [1.54, 1.807) is 6.07 Å². The van der Waals surface area contributed by atoms with Gasteiger partial charge in [-0.3, -0.25) is 0 Å². The average Bonchev–Trinajstić information content (AvgIpc) is 3.02. The molecule has 0 aliphatic rings. The second kappa shape index (κ2) is 11.6. The summed E-state index contributed by atoms with van der Waals surface area (Å²) in [6.45, 7) is 8.69. The van der Waals surface area contributed by atoms with Crippen LogP contribution in [0.5, 0.6) is 0 Å². The molecular weight excluding hydrogens is 411 g/mol. The number of rotatable bonds is 9. The van der Waals surface area contributed by atoms with Crippen LogP contribution >= 0.6 is 24.8 Å². The van der Waals surface area contributed by atoms with E-state index in [-0.39, 0.29) is 30.4 Å². The standard InChI is InChI=1S/C22H30N2O3.2ClH/c1-4-14-11-20(25)27-21-15(5-2)22-17(12-16(14)21)18(19(6-3)26-22)13-24-10-8-7-9-23;;/h11-12,24H,4-10,13,23H2,1-3H3;2*1H. The Morgan fingerprint density at radius 3 is 2.24 bits per heavy atom. The summed E-state index contributed by atoms with van der Waals surface area (Å²) < 4.78 is 11.8. The summed E-state index contributed by atoms with van der Waals surface area (Å²) in [5, 5.41) is 5.68. The first kappa shape index (κ1) is 25.5. The van der Waals surface area contributed by atoms with Crippen molar-refractivity contribution in [3.05, 3.63) is 45.0 Å². The summed E-state index contributed by atoms with van der Waals surface area (Å²) in [6, 6.07) is 3.75. The van der Waals surface area contributed by atoms with E-state index in [2.05, 4.69) is 32.2 Å². The summed E-state index contributed by atoms with van der Waals surface area (Å²) in [4.78, 5) is 12.0. The number of furan rings is 1. The van der Waals surface area contributed by atoms with Gasteiger partial charge in [-0.25, -0.2) is 4.79 Å². The highest BCUT2D eigenvalue weighted by molar-refractivity contribution is 6.00. The minimum Gasteiger partial charge on any atom is -0.460 e. The van der Waals surface area contributed by atoms with E-state index in [1.807, 2.05) is 0 Å². The lowest BCUT2D eigenvalue weighted by Crippen LogP contribution is -2.16. The number of fused-ring (bicyclic) bond motifs is 2. The van der Waals surface area contributed by atoms with E-state index < -0.39 is 0 Å². The van der Waals surface area contributed by atoms with Gasteiger partial charge in [0.15, 0.2) is 0 Å². The third kappa shape index (κ3) is 5.15. The molecule has 7 heteroatoms. The first-order valence-corrected chi connectivity index (χ1v) is 10.1. The molecule has 0 unspecified atom stereocenters. The molecule has 0 spiro atoms. The number of hydrogen-bond acceptors (Lipinski definition) is 5. The van der Waals surface area contributed by atoms with Crippen LogP contribution in [0.25, 0.3) is 21.9 Å². The number of nitrogens with one attached hydrogen (secondary N) is 1. The molecule has 162 valence electrons. The van der Waals surface area contributed by atoms with Crippen molar-refractivity contribution < 1.29 is 8.83 Å². The van der Waals surface area contributed by atoms with E-state index in [9.17, 15) is 4.79 Å². The summed E-state index contributed by atoms with van der Waals surface area (Å²) in [5.74, 6) is 1.00. The fourth-order valence-electron chi connectivity index (χ4n) is 3.79. The monoisotopic (exact) mass is 442 g/mol. The smallest absolute Gasteiger partial charge is 0.336 e.